The van der Waals surface area contributed by atoms with E-state index in [0.29, 0.717) is 19.7 Å². The highest BCUT2D eigenvalue weighted by Crippen LogP contribution is 2.17. The van der Waals surface area contributed by atoms with E-state index in [1.807, 2.05) is 17.7 Å². The molecule has 5 nitrogen and oxygen atoms in total. The van der Waals surface area contributed by atoms with Gasteiger partial charge in [0.15, 0.2) is 6.10 Å². The topological polar surface area (TPSA) is 58.6 Å². The van der Waals surface area contributed by atoms with Crippen molar-refractivity contribution in [2.24, 2.45) is 0 Å². The average Bonchev–Trinajstić information content (AvgIpc) is 2.83. The largest absolute Gasteiger partial charge is 0.365 e. The quantitative estimate of drug-likeness (QED) is 0.856. The summed E-state index contributed by atoms with van der Waals surface area (Å²) in [5, 5.41) is 6.34. The predicted octanol–water partition coefficient (Wildman–Crippen LogP) is 0.644. The van der Waals surface area contributed by atoms with Crippen LogP contribution in [0.4, 0.5) is 0 Å². The summed E-state index contributed by atoms with van der Waals surface area (Å²) in [5.41, 5.74) is 1.70. The van der Waals surface area contributed by atoms with E-state index in [2.05, 4.69) is 5.32 Å². The number of aryl methyl sites for hydroxylation is 1. The number of morpholine rings is 1. The molecule has 0 aliphatic carbocycles. The molecule has 0 spiro atoms. The van der Waals surface area contributed by atoms with Crippen LogP contribution in [0.2, 0.25) is 0 Å². The summed E-state index contributed by atoms with van der Waals surface area (Å²) in [6.07, 6.45) is -0.563. The van der Waals surface area contributed by atoms with Crippen molar-refractivity contribution >= 4 is 23.2 Å². The Bertz CT molecular complexity index is 458. The summed E-state index contributed by atoms with van der Waals surface area (Å²) < 4.78 is 5.36. The highest BCUT2D eigenvalue weighted by molar-refractivity contribution is 7.08. The van der Waals surface area contributed by atoms with Crippen LogP contribution in [0.5, 0.6) is 0 Å². The molecule has 0 aromatic carbocycles. The Kier molecular flexibility index (Phi) is 3.98. The van der Waals surface area contributed by atoms with E-state index in [4.69, 9.17) is 4.74 Å². The number of hydrogen-bond acceptors (Lipinski definition) is 4. The number of carbonyl (C=O) groups is 2. The molecule has 0 saturated carbocycles. The Morgan fingerprint density at radius 3 is 2.89 bits per heavy atom. The van der Waals surface area contributed by atoms with Crippen LogP contribution in [-0.2, 0) is 9.53 Å². The second-order valence-electron chi connectivity index (χ2n) is 4.19. The van der Waals surface area contributed by atoms with Gasteiger partial charge in [0.25, 0.3) is 11.8 Å². The lowest BCUT2D eigenvalue weighted by molar-refractivity contribution is -0.136. The number of likely N-dealkylation sites (N-methyl/N-ethyl adjacent to an activating group) is 1. The molecule has 2 heterocycles. The van der Waals surface area contributed by atoms with E-state index >= 15 is 0 Å². The van der Waals surface area contributed by atoms with Crippen LogP contribution in [0, 0.1) is 6.92 Å². The molecule has 18 heavy (non-hydrogen) atoms. The fourth-order valence-electron chi connectivity index (χ4n) is 1.90. The van der Waals surface area contributed by atoms with Crippen LogP contribution >= 0.6 is 11.3 Å². The zero-order valence-corrected chi connectivity index (χ0v) is 11.3. The average molecular weight is 268 g/mol. The van der Waals surface area contributed by atoms with Crippen LogP contribution in [0.3, 0.4) is 0 Å². The minimum absolute atomic E-state index is 0.0223. The van der Waals surface area contributed by atoms with Gasteiger partial charge in [0.2, 0.25) is 0 Å². The standard InChI is InChI=1S/C12H16N2O3S/c1-8-6-18-7-9(8)12(16)14-3-4-17-10(5-14)11(15)13-2/h6-7,10H,3-5H2,1-2H3,(H,13,15). The first-order valence-electron chi connectivity index (χ1n) is 5.78. The van der Waals surface area contributed by atoms with Crippen LogP contribution in [0.15, 0.2) is 10.8 Å². The number of hydrogen-bond donors (Lipinski definition) is 1. The van der Waals surface area contributed by atoms with Gasteiger partial charge in [-0.15, -0.1) is 0 Å². The summed E-state index contributed by atoms with van der Waals surface area (Å²) in [6.45, 7) is 3.16. The lowest BCUT2D eigenvalue weighted by Crippen LogP contribution is -2.51. The van der Waals surface area contributed by atoms with Crippen LogP contribution < -0.4 is 5.32 Å². The lowest BCUT2D eigenvalue weighted by atomic mass is 10.1. The number of ether oxygens (including phenoxy) is 1. The predicted molar refractivity (Wildman–Crippen MR) is 68.8 cm³/mol. The molecule has 1 aliphatic rings. The molecule has 6 heteroatoms. The molecule has 1 N–H and O–H groups in total. The second-order valence-corrected chi connectivity index (χ2v) is 4.94. The van der Waals surface area contributed by atoms with Crippen LogP contribution in [0.25, 0.3) is 0 Å². The number of carbonyl (C=O) groups excluding carboxylic acids is 2. The van der Waals surface area contributed by atoms with Gasteiger partial charge in [0.1, 0.15) is 0 Å². The maximum Gasteiger partial charge on any atom is 0.255 e. The third kappa shape index (κ3) is 2.54. The molecular weight excluding hydrogens is 252 g/mol. The Morgan fingerprint density at radius 1 is 1.50 bits per heavy atom. The summed E-state index contributed by atoms with van der Waals surface area (Å²) in [7, 11) is 1.56. The monoisotopic (exact) mass is 268 g/mol. The summed E-state index contributed by atoms with van der Waals surface area (Å²) >= 11 is 1.51. The van der Waals surface area contributed by atoms with Gasteiger partial charge in [-0.3, -0.25) is 9.59 Å². The molecule has 1 aromatic rings. The maximum atomic E-state index is 12.3. The van der Waals surface area contributed by atoms with Crippen molar-refractivity contribution in [3.63, 3.8) is 0 Å². The van der Waals surface area contributed by atoms with E-state index in [9.17, 15) is 9.59 Å². The number of rotatable bonds is 2. The van der Waals surface area contributed by atoms with E-state index < -0.39 is 6.10 Å². The maximum absolute atomic E-state index is 12.3. The van der Waals surface area contributed by atoms with Crippen molar-refractivity contribution in [1.82, 2.24) is 10.2 Å². The lowest BCUT2D eigenvalue weighted by Gasteiger charge is -2.32. The summed E-state index contributed by atoms with van der Waals surface area (Å²) in [5.74, 6) is -0.208. The summed E-state index contributed by atoms with van der Waals surface area (Å²) in [6, 6.07) is 0. The van der Waals surface area contributed by atoms with E-state index in [1.165, 1.54) is 11.3 Å². The van der Waals surface area contributed by atoms with Gasteiger partial charge in [0, 0.05) is 19.0 Å². The van der Waals surface area contributed by atoms with E-state index in [1.54, 1.807) is 11.9 Å². The smallest absolute Gasteiger partial charge is 0.255 e. The van der Waals surface area contributed by atoms with E-state index in [0.717, 1.165) is 11.1 Å². The van der Waals surface area contributed by atoms with Crippen molar-refractivity contribution < 1.29 is 14.3 Å². The molecule has 98 valence electrons. The Morgan fingerprint density at radius 2 is 2.28 bits per heavy atom. The van der Waals surface area contributed by atoms with Crippen molar-refractivity contribution in [3.05, 3.63) is 21.9 Å². The Hall–Kier alpha value is -1.40. The first-order valence-corrected chi connectivity index (χ1v) is 6.73. The normalized spacial score (nSPS) is 19.7. The molecular formula is C12H16N2O3S. The fraction of sp³-hybridized carbons (Fsp3) is 0.500. The third-order valence-electron chi connectivity index (χ3n) is 2.98. The van der Waals surface area contributed by atoms with Gasteiger partial charge < -0.3 is 15.0 Å². The fourth-order valence-corrected chi connectivity index (χ4v) is 2.73. The molecule has 1 unspecified atom stereocenters. The van der Waals surface area contributed by atoms with Gasteiger partial charge in [0.05, 0.1) is 18.7 Å². The van der Waals surface area contributed by atoms with Crippen molar-refractivity contribution in [1.29, 1.82) is 0 Å². The second kappa shape index (κ2) is 5.49. The minimum atomic E-state index is -0.563. The zero-order chi connectivity index (χ0) is 13.1. The van der Waals surface area contributed by atoms with Gasteiger partial charge in [-0.05, 0) is 17.9 Å². The van der Waals surface area contributed by atoms with Crippen LogP contribution in [0.1, 0.15) is 15.9 Å². The van der Waals surface area contributed by atoms with Crippen molar-refractivity contribution in [3.8, 4) is 0 Å². The van der Waals surface area contributed by atoms with Gasteiger partial charge in [-0.2, -0.15) is 11.3 Å². The molecule has 1 aromatic heterocycles. The molecule has 1 fully saturated rings. The highest BCUT2D eigenvalue weighted by Gasteiger charge is 2.29. The molecule has 1 saturated heterocycles. The highest BCUT2D eigenvalue weighted by atomic mass is 32.1. The number of amides is 2. The Labute approximate surface area is 110 Å². The van der Waals surface area contributed by atoms with Crippen molar-refractivity contribution in [2.75, 3.05) is 26.7 Å². The molecule has 2 rings (SSSR count). The van der Waals surface area contributed by atoms with Gasteiger partial charge in [-0.25, -0.2) is 0 Å². The van der Waals surface area contributed by atoms with Gasteiger partial charge in [-0.1, -0.05) is 0 Å². The number of nitrogens with zero attached hydrogens (tertiary/aromatic N) is 1. The molecule has 2 amide bonds. The van der Waals surface area contributed by atoms with Crippen LogP contribution in [-0.4, -0.2) is 49.6 Å². The SMILES string of the molecule is CNC(=O)C1CN(C(=O)c2cscc2C)CCO1. The first-order chi connectivity index (χ1) is 8.63. The minimum Gasteiger partial charge on any atom is -0.365 e. The first kappa shape index (κ1) is 13.0. The molecule has 1 atom stereocenters. The van der Waals surface area contributed by atoms with Gasteiger partial charge >= 0.3 is 0 Å². The third-order valence-corrected chi connectivity index (χ3v) is 3.84. The summed E-state index contributed by atoms with van der Waals surface area (Å²) in [4.78, 5) is 25.5. The number of nitrogens with one attached hydrogen (secondary N) is 1. The molecule has 1 aliphatic heterocycles. The molecule has 0 bridgehead atoms. The van der Waals surface area contributed by atoms with E-state index in [-0.39, 0.29) is 11.8 Å². The Balaban J connectivity index is 2.07. The molecule has 0 radical (unpaired) electrons. The van der Waals surface area contributed by atoms with Crippen molar-refractivity contribution in [2.45, 2.75) is 13.0 Å². The zero-order valence-electron chi connectivity index (χ0n) is 10.4. The number of thiophene rings is 1.